The molecule has 0 aliphatic carbocycles. The van der Waals surface area contributed by atoms with Gasteiger partial charge in [0.2, 0.25) is 5.91 Å². The van der Waals surface area contributed by atoms with Crippen LogP contribution >= 0.6 is 0 Å². The molecule has 0 spiro atoms. The van der Waals surface area contributed by atoms with Crippen molar-refractivity contribution in [3.63, 3.8) is 0 Å². The number of H-pyrrole nitrogens is 1. The number of likely N-dealkylation sites (tertiary alicyclic amines) is 1. The zero-order chi connectivity index (χ0) is 16.2. The molecule has 1 fully saturated rings. The maximum atomic E-state index is 12.3. The molecule has 5 heteroatoms. The minimum absolute atomic E-state index is 0.0528. The average molecular weight is 312 g/mol. The van der Waals surface area contributed by atoms with Crippen molar-refractivity contribution < 1.29 is 4.79 Å². The van der Waals surface area contributed by atoms with Crippen molar-refractivity contribution in [1.29, 1.82) is 0 Å². The topological polar surface area (TPSA) is 61.0 Å². The number of hydrogen-bond donors (Lipinski definition) is 2. The zero-order valence-corrected chi connectivity index (χ0v) is 13.8. The Balaban J connectivity index is 1.57. The fourth-order valence-corrected chi connectivity index (χ4v) is 3.27. The van der Waals surface area contributed by atoms with E-state index in [1.54, 1.807) is 6.20 Å². The Kier molecular flexibility index (Phi) is 4.76. The fraction of sp³-hybridized carbons (Fsp3) is 0.444. The van der Waals surface area contributed by atoms with Crippen LogP contribution in [0.25, 0.3) is 0 Å². The molecule has 1 unspecified atom stereocenters. The third-order valence-electron chi connectivity index (χ3n) is 4.43. The van der Waals surface area contributed by atoms with Crippen molar-refractivity contribution >= 4 is 11.6 Å². The van der Waals surface area contributed by atoms with Crippen LogP contribution in [0.15, 0.2) is 30.6 Å². The highest BCUT2D eigenvalue weighted by Gasteiger charge is 2.24. The molecule has 0 bridgehead atoms. The normalized spacial score (nSPS) is 18.8. The van der Waals surface area contributed by atoms with Crippen LogP contribution in [-0.2, 0) is 4.79 Å². The highest BCUT2D eigenvalue weighted by molar-refractivity contribution is 5.93. The molecule has 2 aromatic rings. The molecule has 2 N–H and O–H groups in total. The van der Waals surface area contributed by atoms with Crippen LogP contribution in [0, 0.1) is 13.8 Å². The molecular formula is C18H24N4O. The third kappa shape index (κ3) is 3.99. The summed E-state index contributed by atoms with van der Waals surface area (Å²) in [6, 6.07) is 6.09. The second-order valence-electron chi connectivity index (χ2n) is 6.42. The molecule has 2 heterocycles. The molecule has 0 saturated carbocycles. The number of aryl methyl sites for hydroxylation is 2. The van der Waals surface area contributed by atoms with Gasteiger partial charge in [-0.25, -0.2) is 4.98 Å². The lowest BCUT2D eigenvalue weighted by atomic mass is 9.97. The number of piperidine rings is 1. The number of carbonyl (C=O) groups is 1. The van der Waals surface area contributed by atoms with Crippen molar-refractivity contribution in [2.75, 3.05) is 25.0 Å². The maximum absolute atomic E-state index is 12.3. The van der Waals surface area contributed by atoms with Gasteiger partial charge in [0.1, 0.15) is 5.82 Å². The summed E-state index contributed by atoms with van der Waals surface area (Å²) in [5.74, 6) is 1.48. The van der Waals surface area contributed by atoms with Gasteiger partial charge in [-0.1, -0.05) is 17.7 Å². The van der Waals surface area contributed by atoms with Crippen LogP contribution in [0.3, 0.4) is 0 Å². The summed E-state index contributed by atoms with van der Waals surface area (Å²) < 4.78 is 0. The Bertz CT molecular complexity index is 666. The largest absolute Gasteiger partial charge is 0.348 e. The first-order valence-corrected chi connectivity index (χ1v) is 8.20. The molecule has 1 aromatic heterocycles. The second-order valence-corrected chi connectivity index (χ2v) is 6.42. The van der Waals surface area contributed by atoms with Crippen LogP contribution in [0.5, 0.6) is 0 Å². The van der Waals surface area contributed by atoms with Crippen molar-refractivity contribution in [2.45, 2.75) is 32.6 Å². The lowest BCUT2D eigenvalue weighted by Gasteiger charge is -2.31. The van der Waals surface area contributed by atoms with E-state index in [0.29, 0.717) is 12.5 Å². The van der Waals surface area contributed by atoms with Crippen molar-refractivity contribution in [3.05, 3.63) is 47.5 Å². The Morgan fingerprint density at radius 2 is 2.30 bits per heavy atom. The monoisotopic (exact) mass is 312 g/mol. The van der Waals surface area contributed by atoms with E-state index in [2.05, 4.69) is 33.2 Å². The van der Waals surface area contributed by atoms with Crippen LogP contribution in [-0.4, -0.2) is 40.4 Å². The first-order chi connectivity index (χ1) is 11.1. The number of benzene rings is 1. The average Bonchev–Trinajstić information content (AvgIpc) is 3.05. The number of nitrogens with zero attached hydrogens (tertiary/aromatic N) is 2. The quantitative estimate of drug-likeness (QED) is 0.912. The number of amides is 1. The fourth-order valence-electron chi connectivity index (χ4n) is 3.27. The third-order valence-corrected chi connectivity index (χ3v) is 4.43. The van der Waals surface area contributed by atoms with E-state index in [-0.39, 0.29) is 5.91 Å². The Morgan fingerprint density at radius 3 is 3.04 bits per heavy atom. The summed E-state index contributed by atoms with van der Waals surface area (Å²) in [4.78, 5) is 22.1. The molecule has 23 heavy (non-hydrogen) atoms. The van der Waals surface area contributed by atoms with Gasteiger partial charge in [-0.3, -0.25) is 9.69 Å². The van der Waals surface area contributed by atoms with E-state index in [9.17, 15) is 4.79 Å². The van der Waals surface area contributed by atoms with E-state index >= 15 is 0 Å². The molecule has 0 radical (unpaired) electrons. The minimum Gasteiger partial charge on any atom is -0.348 e. The number of imidazole rings is 1. The van der Waals surface area contributed by atoms with Gasteiger partial charge in [0.25, 0.3) is 0 Å². The Labute approximate surface area is 137 Å². The molecule has 1 saturated heterocycles. The highest BCUT2D eigenvalue weighted by atomic mass is 16.2. The molecule has 5 nitrogen and oxygen atoms in total. The SMILES string of the molecule is Cc1ccc(NC(=O)CN2CCCC(c3ncc[nH]3)C2)c(C)c1. The van der Waals surface area contributed by atoms with Gasteiger partial charge < -0.3 is 10.3 Å². The van der Waals surface area contributed by atoms with Crippen molar-refractivity contribution in [2.24, 2.45) is 0 Å². The summed E-state index contributed by atoms with van der Waals surface area (Å²) in [5, 5.41) is 3.03. The lowest BCUT2D eigenvalue weighted by molar-refractivity contribution is -0.117. The van der Waals surface area contributed by atoms with Gasteiger partial charge in [-0.15, -0.1) is 0 Å². The summed E-state index contributed by atoms with van der Waals surface area (Å²) in [6.07, 6.45) is 5.88. The zero-order valence-electron chi connectivity index (χ0n) is 13.8. The summed E-state index contributed by atoms with van der Waals surface area (Å²) in [5.41, 5.74) is 3.21. The highest BCUT2D eigenvalue weighted by Crippen LogP contribution is 2.24. The summed E-state index contributed by atoms with van der Waals surface area (Å²) in [6.45, 7) is 6.37. The van der Waals surface area contributed by atoms with Crippen LogP contribution in [0.1, 0.15) is 35.7 Å². The van der Waals surface area contributed by atoms with E-state index in [1.165, 1.54) is 5.56 Å². The smallest absolute Gasteiger partial charge is 0.238 e. The minimum atomic E-state index is 0.0528. The molecule has 3 rings (SSSR count). The van der Waals surface area contributed by atoms with Gasteiger partial charge in [0, 0.05) is 30.5 Å². The number of aromatic amines is 1. The Morgan fingerprint density at radius 1 is 1.43 bits per heavy atom. The molecule has 1 aromatic carbocycles. The molecule has 1 aliphatic rings. The van der Waals surface area contributed by atoms with Crippen LogP contribution < -0.4 is 5.32 Å². The second kappa shape index (κ2) is 6.96. The van der Waals surface area contributed by atoms with Crippen molar-refractivity contribution in [3.8, 4) is 0 Å². The van der Waals surface area contributed by atoms with Gasteiger partial charge >= 0.3 is 0 Å². The number of aromatic nitrogens is 2. The van der Waals surface area contributed by atoms with E-state index in [1.807, 2.05) is 25.3 Å². The Hall–Kier alpha value is -2.14. The number of hydrogen-bond acceptors (Lipinski definition) is 3. The maximum Gasteiger partial charge on any atom is 0.238 e. The molecule has 1 aliphatic heterocycles. The van der Waals surface area contributed by atoms with Crippen LogP contribution in [0.2, 0.25) is 0 Å². The first-order valence-electron chi connectivity index (χ1n) is 8.20. The number of nitrogens with one attached hydrogen (secondary N) is 2. The predicted molar refractivity (Wildman–Crippen MR) is 91.5 cm³/mol. The van der Waals surface area contributed by atoms with Crippen molar-refractivity contribution in [1.82, 2.24) is 14.9 Å². The van der Waals surface area contributed by atoms with E-state index < -0.39 is 0 Å². The van der Waals surface area contributed by atoms with E-state index in [0.717, 1.165) is 43.0 Å². The summed E-state index contributed by atoms with van der Waals surface area (Å²) in [7, 11) is 0. The molecule has 1 amide bonds. The predicted octanol–water partition coefficient (Wildman–Crippen LogP) is 2.84. The van der Waals surface area contributed by atoms with Gasteiger partial charge in [0.05, 0.1) is 6.54 Å². The van der Waals surface area contributed by atoms with E-state index in [4.69, 9.17) is 0 Å². The molecule has 122 valence electrons. The lowest BCUT2D eigenvalue weighted by Crippen LogP contribution is -2.40. The van der Waals surface area contributed by atoms with Gasteiger partial charge in [0.15, 0.2) is 0 Å². The number of rotatable bonds is 4. The number of anilines is 1. The standard InChI is InChI=1S/C18H24N4O/c1-13-5-6-16(14(2)10-13)21-17(23)12-22-9-3-4-15(11-22)18-19-7-8-20-18/h5-8,10,15H,3-4,9,11-12H2,1-2H3,(H,19,20)(H,21,23). The van der Waals surface area contributed by atoms with Gasteiger partial charge in [-0.2, -0.15) is 0 Å². The van der Waals surface area contributed by atoms with Gasteiger partial charge in [-0.05, 0) is 44.9 Å². The summed E-state index contributed by atoms with van der Waals surface area (Å²) >= 11 is 0. The molecule has 1 atom stereocenters. The molecular weight excluding hydrogens is 288 g/mol. The number of carbonyl (C=O) groups excluding carboxylic acids is 1. The first kappa shape index (κ1) is 15.7. The van der Waals surface area contributed by atoms with Crippen LogP contribution in [0.4, 0.5) is 5.69 Å².